The fraction of sp³-hybridized carbons (Fsp3) is 0.320. The molecular weight excluding hydrogens is 418 g/mol. The van der Waals surface area contributed by atoms with Gasteiger partial charge in [0, 0.05) is 37.2 Å². The predicted molar refractivity (Wildman–Crippen MR) is 128 cm³/mol. The number of rotatable bonds is 7. The molecule has 2 aromatic carbocycles. The second-order valence-corrected chi connectivity index (χ2v) is 7.97. The lowest BCUT2D eigenvalue weighted by Gasteiger charge is -2.29. The lowest BCUT2D eigenvalue weighted by molar-refractivity contribution is -0.116. The smallest absolute Gasteiger partial charge is 0.257 e. The molecule has 172 valence electrons. The minimum absolute atomic E-state index is 0.0317. The zero-order valence-corrected chi connectivity index (χ0v) is 19.0. The lowest BCUT2D eigenvalue weighted by atomic mass is 10.2. The molecule has 0 radical (unpaired) electrons. The number of carbonyl (C=O) groups is 2. The second kappa shape index (κ2) is 10.3. The van der Waals surface area contributed by atoms with Gasteiger partial charge in [-0.15, -0.1) is 0 Å². The highest BCUT2D eigenvalue weighted by Gasteiger charge is 2.20. The minimum Gasteiger partial charge on any atom is -0.378 e. The van der Waals surface area contributed by atoms with Crippen LogP contribution in [-0.4, -0.2) is 65.9 Å². The number of morpholine rings is 1. The fourth-order valence-corrected chi connectivity index (χ4v) is 3.85. The summed E-state index contributed by atoms with van der Waals surface area (Å²) in [5.74, 6) is -0.467. The van der Waals surface area contributed by atoms with Gasteiger partial charge in [0.2, 0.25) is 5.91 Å². The Balaban J connectivity index is 1.37. The molecule has 1 aliphatic rings. The Morgan fingerprint density at radius 3 is 2.52 bits per heavy atom. The van der Waals surface area contributed by atoms with Crippen molar-refractivity contribution in [1.29, 1.82) is 0 Å². The Morgan fingerprint density at radius 1 is 1.09 bits per heavy atom. The number of amides is 2. The molecule has 33 heavy (non-hydrogen) atoms. The number of hydrogen-bond acceptors (Lipinski definition) is 5. The molecule has 1 fully saturated rings. The van der Waals surface area contributed by atoms with E-state index in [4.69, 9.17) is 4.74 Å². The lowest BCUT2D eigenvalue weighted by Crippen LogP contribution is -2.37. The molecule has 2 heterocycles. The molecule has 1 aromatic heterocycles. The molecule has 0 atom stereocenters. The van der Waals surface area contributed by atoms with E-state index in [1.165, 1.54) is 4.90 Å². The van der Waals surface area contributed by atoms with Crippen molar-refractivity contribution in [2.45, 2.75) is 13.8 Å². The van der Waals surface area contributed by atoms with E-state index in [1.807, 2.05) is 62.4 Å². The Morgan fingerprint density at radius 2 is 1.82 bits per heavy atom. The average Bonchev–Trinajstić information content (AvgIpc) is 3.33. The highest BCUT2D eigenvalue weighted by atomic mass is 16.5. The van der Waals surface area contributed by atoms with Crippen LogP contribution in [0.3, 0.4) is 0 Å². The molecule has 0 aliphatic carbocycles. The normalized spacial score (nSPS) is 13.6. The van der Waals surface area contributed by atoms with Gasteiger partial charge >= 0.3 is 0 Å². The van der Waals surface area contributed by atoms with Crippen molar-refractivity contribution in [2.24, 2.45) is 0 Å². The van der Waals surface area contributed by atoms with Gasteiger partial charge in [0.05, 0.1) is 30.7 Å². The highest BCUT2D eigenvalue weighted by molar-refractivity contribution is 5.99. The molecule has 1 N–H and O–H groups in total. The van der Waals surface area contributed by atoms with Crippen molar-refractivity contribution in [1.82, 2.24) is 14.7 Å². The maximum Gasteiger partial charge on any atom is 0.257 e. The summed E-state index contributed by atoms with van der Waals surface area (Å²) in [5, 5.41) is 7.22. The Kier molecular flexibility index (Phi) is 7.04. The van der Waals surface area contributed by atoms with Gasteiger partial charge in [-0.1, -0.05) is 18.2 Å². The maximum atomic E-state index is 13.0. The van der Waals surface area contributed by atoms with E-state index in [2.05, 4.69) is 15.3 Å². The van der Waals surface area contributed by atoms with Crippen LogP contribution in [0.4, 0.5) is 11.4 Å². The second-order valence-electron chi connectivity index (χ2n) is 7.97. The number of benzene rings is 2. The van der Waals surface area contributed by atoms with E-state index in [9.17, 15) is 9.59 Å². The van der Waals surface area contributed by atoms with Crippen LogP contribution in [-0.2, 0) is 9.53 Å². The topological polar surface area (TPSA) is 79.7 Å². The molecule has 0 saturated carbocycles. The van der Waals surface area contributed by atoms with E-state index in [-0.39, 0.29) is 18.4 Å². The number of para-hydroxylation sites is 1. The number of hydrogen-bond donors (Lipinski definition) is 1. The van der Waals surface area contributed by atoms with Gasteiger partial charge in [0.25, 0.3) is 5.91 Å². The van der Waals surface area contributed by atoms with Gasteiger partial charge in [0.1, 0.15) is 6.54 Å². The molecule has 2 amide bonds. The minimum atomic E-state index is -0.240. The number of ether oxygens (including phenoxy) is 1. The van der Waals surface area contributed by atoms with Gasteiger partial charge in [-0.05, 0) is 49.7 Å². The van der Waals surface area contributed by atoms with Gasteiger partial charge in [-0.3, -0.25) is 9.59 Å². The molecule has 0 unspecified atom stereocenters. The predicted octanol–water partition coefficient (Wildman–Crippen LogP) is 3.12. The van der Waals surface area contributed by atoms with Gasteiger partial charge in [-0.2, -0.15) is 5.10 Å². The number of anilines is 2. The Bertz CT molecular complexity index is 1100. The number of aromatic nitrogens is 2. The molecule has 8 nitrogen and oxygen atoms in total. The van der Waals surface area contributed by atoms with E-state index >= 15 is 0 Å². The van der Waals surface area contributed by atoms with Crippen LogP contribution in [0.15, 0.2) is 60.9 Å². The SMILES string of the molecule is CCN(CC(=O)Nc1ccc(N2CCOCC2)cc1)C(=O)c1cnn(-c2ccccc2C)c1. The first kappa shape index (κ1) is 22.5. The molecule has 8 heteroatoms. The first-order chi connectivity index (χ1) is 16.0. The van der Waals surface area contributed by atoms with Gasteiger partial charge in [0.15, 0.2) is 0 Å². The summed E-state index contributed by atoms with van der Waals surface area (Å²) in [5.41, 5.74) is 4.23. The van der Waals surface area contributed by atoms with Crippen molar-refractivity contribution in [3.8, 4) is 5.69 Å². The van der Waals surface area contributed by atoms with Crippen LogP contribution in [0.2, 0.25) is 0 Å². The van der Waals surface area contributed by atoms with Crippen molar-refractivity contribution in [3.63, 3.8) is 0 Å². The first-order valence-corrected chi connectivity index (χ1v) is 11.2. The standard InChI is InChI=1S/C25H29N5O3/c1-3-28(25(32)20-16-26-30(17-20)23-7-5-4-6-19(23)2)18-24(31)27-21-8-10-22(11-9-21)29-12-14-33-15-13-29/h4-11,16-17H,3,12-15,18H2,1-2H3,(H,27,31). The van der Waals surface area contributed by atoms with Crippen LogP contribution in [0.1, 0.15) is 22.8 Å². The number of nitrogens with one attached hydrogen (secondary N) is 1. The highest BCUT2D eigenvalue weighted by Crippen LogP contribution is 2.19. The molecule has 1 aliphatic heterocycles. The van der Waals surface area contributed by atoms with Crippen molar-refractivity contribution in [2.75, 3.05) is 49.6 Å². The number of likely N-dealkylation sites (N-methyl/N-ethyl adjacent to an activating group) is 1. The quantitative estimate of drug-likeness (QED) is 0.602. The summed E-state index contributed by atoms with van der Waals surface area (Å²) >= 11 is 0. The van der Waals surface area contributed by atoms with E-state index in [0.29, 0.717) is 17.8 Å². The average molecular weight is 448 g/mol. The Hall–Kier alpha value is -3.65. The monoisotopic (exact) mass is 447 g/mol. The molecular formula is C25H29N5O3. The van der Waals surface area contributed by atoms with E-state index in [0.717, 1.165) is 43.2 Å². The molecule has 1 saturated heterocycles. The third-order valence-corrected chi connectivity index (χ3v) is 5.72. The Labute approximate surface area is 193 Å². The summed E-state index contributed by atoms with van der Waals surface area (Å²) in [4.78, 5) is 29.4. The number of carbonyl (C=O) groups excluding carboxylic acids is 2. The molecule has 4 rings (SSSR count). The summed E-state index contributed by atoms with van der Waals surface area (Å²) in [6.07, 6.45) is 3.25. The van der Waals surface area contributed by atoms with Crippen LogP contribution in [0.25, 0.3) is 5.69 Å². The van der Waals surface area contributed by atoms with Crippen molar-refractivity contribution >= 4 is 23.2 Å². The molecule has 0 spiro atoms. The molecule has 0 bridgehead atoms. The zero-order chi connectivity index (χ0) is 23.2. The third-order valence-electron chi connectivity index (χ3n) is 5.72. The largest absolute Gasteiger partial charge is 0.378 e. The number of nitrogens with zero attached hydrogens (tertiary/aromatic N) is 4. The maximum absolute atomic E-state index is 13.0. The summed E-state index contributed by atoms with van der Waals surface area (Å²) < 4.78 is 7.08. The van der Waals surface area contributed by atoms with Gasteiger partial charge in [-0.25, -0.2) is 4.68 Å². The first-order valence-electron chi connectivity index (χ1n) is 11.2. The summed E-state index contributed by atoms with van der Waals surface area (Å²) in [6, 6.07) is 15.6. The van der Waals surface area contributed by atoms with Crippen molar-refractivity contribution in [3.05, 3.63) is 72.1 Å². The van der Waals surface area contributed by atoms with Crippen molar-refractivity contribution < 1.29 is 14.3 Å². The fourth-order valence-electron chi connectivity index (χ4n) is 3.85. The number of aryl methyl sites for hydroxylation is 1. The van der Waals surface area contributed by atoms with E-state index < -0.39 is 0 Å². The summed E-state index contributed by atoms with van der Waals surface area (Å²) in [7, 11) is 0. The molecule has 3 aromatic rings. The van der Waals surface area contributed by atoms with Crippen LogP contribution >= 0.6 is 0 Å². The zero-order valence-electron chi connectivity index (χ0n) is 19.0. The van der Waals surface area contributed by atoms with Crippen LogP contribution < -0.4 is 10.2 Å². The van der Waals surface area contributed by atoms with E-state index in [1.54, 1.807) is 17.1 Å². The van der Waals surface area contributed by atoms with Crippen LogP contribution in [0.5, 0.6) is 0 Å². The van der Waals surface area contributed by atoms with Gasteiger partial charge < -0.3 is 19.9 Å². The third kappa shape index (κ3) is 5.40. The van der Waals surface area contributed by atoms with Crippen LogP contribution in [0, 0.1) is 6.92 Å². The summed E-state index contributed by atoms with van der Waals surface area (Å²) in [6.45, 7) is 7.41.